The van der Waals surface area contributed by atoms with E-state index in [2.05, 4.69) is 20.6 Å². The molecule has 2 aromatic rings. The highest BCUT2D eigenvalue weighted by Gasteiger charge is 2.33. The molecule has 10 heteroatoms. The third-order valence-corrected chi connectivity index (χ3v) is 4.12. The average molecular weight is 360 g/mol. The maximum absolute atomic E-state index is 12.8. The van der Waals surface area contributed by atoms with Crippen LogP contribution in [0.25, 0.3) is 0 Å². The average Bonchev–Trinajstić information content (AvgIpc) is 2.50. The first kappa shape index (κ1) is 18.0. The SMILES string of the molecule is CS(=O)(=O)c1cccnc1NCCNc1ncccc1C(F)(F)F. The van der Waals surface area contributed by atoms with Crippen molar-refractivity contribution in [1.29, 1.82) is 0 Å². The van der Waals surface area contributed by atoms with Gasteiger partial charge in [0.2, 0.25) is 0 Å². The predicted octanol–water partition coefficient (Wildman–Crippen LogP) is 2.42. The number of rotatable bonds is 6. The Morgan fingerprint density at radius 3 is 2.12 bits per heavy atom. The van der Waals surface area contributed by atoms with E-state index in [0.29, 0.717) is 0 Å². The lowest BCUT2D eigenvalue weighted by atomic mass is 10.2. The van der Waals surface area contributed by atoms with Crippen LogP contribution in [0.15, 0.2) is 41.6 Å². The predicted molar refractivity (Wildman–Crippen MR) is 83.6 cm³/mol. The van der Waals surface area contributed by atoms with E-state index in [4.69, 9.17) is 0 Å². The molecule has 0 aliphatic carbocycles. The van der Waals surface area contributed by atoms with Gasteiger partial charge in [-0.1, -0.05) is 0 Å². The third kappa shape index (κ3) is 4.57. The smallest absolute Gasteiger partial charge is 0.368 e. The van der Waals surface area contributed by atoms with Gasteiger partial charge >= 0.3 is 6.18 Å². The minimum atomic E-state index is -4.51. The molecule has 24 heavy (non-hydrogen) atoms. The monoisotopic (exact) mass is 360 g/mol. The van der Waals surface area contributed by atoms with E-state index in [1.54, 1.807) is 0 Å². The van der Waals surface area contributed by atoms with E-state index >= 15 is 0 Å². The summed E-state index contributed by atoms with van der Waals surface area (Å²) in [6.07, 6.45) is -0.776. The van der Waals surface area contributed by atoms with Gasteiger partial charge in [0.1, 0.15) is 16.5 Å². The van der Waals surface area contributed by atoms with Gasteiger partial charge in [0.05, 0.1) is 5.56 Å². The van der Waals surface area contributed by atoms with Gasteiger partial charge in [0.25, 0.3) is 0 Å². The first-order valence-corrected chi connectivity index (χ1v) is 8.74. The standard InChI is InChI=1S/C14H15F3N4O2S/c1-24(22,23)11-5-3-7-19-13(11)21-9-8-20-12-10(14(15,16)17)4-2-6-18-12/h2-7H,8-9H2,1H3,(H,18,20)(H,19,21). The number of anilines is 2. The molecule has 0 aliphatic heterocycles. The second-order valence-corrected chi connectivity index (χ2v) is 6.86. The molecular weight excluding hydrogens is 345 g/mol. The zero-order valence-corrected chi connectivity index (χ0v) is 13.4. The van der Waals surface area contributed by atoms with E-state index in [1.165, 1.54) is 30.6 Å². The lowest BCUT2D eigenvalue weighted by molar-refractivity contribution is -0.137. The van der Waals surface area contributed by atoms with Gasteiger partial charge in [-0.25, -0.2) is 18.4 Å². The molecule has 0 amide bonds. The molecule has 0 atom stereocenters. The second-order valence-electron chi connectivity index (χ2n) is 4.87. The number of sulfone groups is 1. The summed E-state index contributed by atoms with van der Waals surface area (Å²) < 4.78 is 61.8. The first-order valence-electron chi connectivity index (χ1n) is 6.84. The van der Waals surface area contributed by atoms with Crippen molar-refractivity contribution in [1.82, 2.24) is 9.97 Å². The molecule has 2 heterocycles. The molecule has 0 spiro atoms. The van der Waals surface area contributed by atoms with Crippen molar-refractivity contribution in [2.75, 3.05) is 30.0 Å². The normalized spacial score (nSPS) is 12.0. The summed E-state index contributed by atoms with van der Waals surface area (Å²) in [7, 11) is -3.46. The zero-order valence-electron chi connectivity index (χ0n) is 12.6. The summed E-state index contributed by atoms with van der Waals surface area (Å²) in [4.78, 5) is 7.64. The third-order valence-electron chi connectivity index (χ3n) is 2.99. The Kier molecular flexibility index (Phi) is 5.27. The Bertz CT molecular complexity index is 810. The molecule has 130 valence electrons. The van der Waals surface area contributed by atoms with Crippen LogP contribution in [0.4, 0.5) is 24.8 Å². The molecule has 0 unspecified atom stereocenters. The van der Waals surface area contributed by atoms with Crippen LogP contribution in [0.2, 0.25) is 0 Å². The van der Waals surface area contributed by atoms with Crippen LogP contribution < -0.4 is 10.6 Å². The van der Waals surface area contributed by atoms with Crippen LogP contribution in [-0.4, -0.2) is 37.7 Å². The fourth-order valence-electron chi connectivity index (χ4n) is 1.96. The molecule has 0 saturated carbocycles. The van der Waals surface area contributed by atoms with Crippen LogP contribution in [0.1, 0.15) is 5.56 Å². The van der Waals surface area contributed by atoms with Crippen LogP contribution in [0, 0.1) is 0 Å². The van der Waals surface area contributed by atoms with E-state index in [9.17, 15) is 21.6 Å². The summed E-state index contributed by atoms with van der Waals surface area (Å²) >= 11 is 0. The molecule has 6 nitrogen and oxygen atoms in total. The van der Waals surface area contributed by atoms with Crippen molar-refractivity contribution >= 4 is 21.5 Å². The van der Waals surface area contributed by atoms with Gasteiger partial charge in [-0.05, 0) is 24.3 Å². The minimum Gasteiger partial charge on any atom is -0.368 e. The van der Waals surface area contributed by atoms with Crippen molar-refractivity contribution in [2.24, 2.45) is 0 Å². The van der Waals surface area contributed by atoms with Gasteiger partial charge in [-0.2, -0.15) is 13.2 Å². The number of hydrogen-bond donors (Lipinski definition) is 2. The van der Waals surface area contributed by atoms with Crippen LogP contribution in [0.5, 0.6) is 0 Å². The Balaban J connectivity index is 2.01. The van der Waals surface area contributed by atoms with Crippen molar-refractivity contribution < 1.29 is 21.6 Å². The molecule has 0 fully saturated rings. The maximum atomic E-state index is 12.8. The van der Waals surface area contributed by atoms with E-state index in [-0.39, 0.29) is 29.6 Å². The number of hydrogen-bond acceptors (Lipinski definition) is 6. The highest BCUT2D eigenvalue weighted by atomic mass is 32.2. The molecule has 0 aromatic carbocycles. The van der Waals surface area contributed by atoms with Crippen molar-refractivity contribution in [3.63, 3.8) is 0 Å². The van der Waals surface area contributed by atoms with Gasteiger partial charge in [0.15, 0.2) is 9.84 Å². The fourth-order valence-corrected chi connectivity index (χ4v) is 2.76. The summed E-state index contributed by atoms with van der Waals surface area (Å²) in [5.41, 5.74) is -0.861. The lowest BCUT2D eigenvalue weighted by Gasteiger charge is -2.14. The van der Waals surface area contributed by atoms with Gasteiger partial charge in [-0.15, -0.1) is 0 Å². The largest absolute Gasteiger partial charge is 0.419 e. The van der Waals surface area contributed by atoms with Crippen molar-refractivity contribution in [2.45, 2.75) is 11.1 Å². The Morgan fingerprint density at radius 1 is 1.00 bits per heavy atom. The number of nitrogens with one attached hydrogen (secondary N) is 2. The van der Waals surface area contributed by atoms with Crippen LogP contribution in [-0.2, 0) is 16.0 Å². The molecular formula is C14H15F3N4O2S. The Hall–Kier alpha value is -2.36. The van der Waals surface area contributed by atoms with Gasteiger partial charge in [-0.3, -0.25) is 0 Å². The van der Waals surface area contributed by atoms with E-state index in [1.807, 2.05) is 0 Å². The van der Waals surface area contributed by atoms with Crippen molar-refractivity contribution in [3.05, 3.63) is 42.2 Å². The second kappa shape index (κ2) is 7.04. The summed E-state index contributed by atoms with van der Waals surface area (Å²) in [5.74, 6) is -0.130. The molecule has 0 radical (unpaired) electrons. The summed E-state index contributed by atoms with van der Waals surface area (Å²) in [6, 6.07) is 5.03. The molecule has 0 bridgehead atoms. The number of alkyl halides is 3. The topological polar surface area (TPSA) is 84.0 Å². The minimum absolute atomic E-state index is 0.0267. The summed E-state index contributed by atoms with van der Waals surface area (Å²) in [6.45, 7) is 0.257. The van der Waals surface area contributed by atoms with E-state index < -0.39 is 21.6 Å². The number of pyridine rings is 2. The molecule has 2 N–H and O–H groups in total. The van der Waals surface area contributed by atoms with Crippen LogP contribution in [0.3, 0.4) is 0 Å². The Morgan fingerprint density at radius 2 is 1.54 bits per heavy atom. The zero-order chi connectivity index (χ0) is 17.8. The van der Waals surface area contributed by atoms with Gasteiger partial charge < -0.3 is 10.6 Å². The first-order chi connectivity index (χ1) is 11.2. The Labute approximate surface area is 137 Å². The fraction of sp³-hybridized carbons (Fsp3) is 0.286. The molecule has 2 aromatic heterocycles. The number of halogens is 3. The summed E-state index contributed by atoms with van der Waals surface area (Å²) in [5, 5.41) is 5.36. The highest BCUT2D eigenvalue weighted by molar-refractivity contribution is 7.90. The van der Waals surface area contributed by atoms with E-state index in [0.717, 1.165) is 12.3 Å². The molecule has 2 rings (SSSR count). The molecule has 0 saturated heterocycles. The quantitative estimate of drug-likeness (QED) is 0.770. The number of aromatic nitrogens is 2. The lowest BCUT2D eigenvalue weighted by Crippen LogP contribution is -2.19. The highest BCUT2D eigenvalue weighted by Crippen LogP contribution is 2.33. The molecule has 0 aliphatic rings. The van der Waals surface area contributed by atoms with Crippen molar-refractivity contribution in [3.8, 4) is 0 Å². The van der Waals surface area contributed by atoms with Crippen LogP contribution >= 0.6 is 0 Å². The maximum Gasteiger partial charge on any atom is 0.419 e. The van der Waals surface area contributed by atoms with Gasteiger partial charge in [0, 0.05) is 31.7 Å². The number of nitrogens with zero attached hydrogens (tertiary/aromatic N) is 2.